The van der Waals surface area contributed by atoms with Gasteiger partial charge in [-0.05, 0) is 12.1 Å². The van der Waals surface area contributed by atoms with Gasteiger partial charge >= 0.3 is 8.25 Å². The van der Waals surface area contributed by atoms with E-state index in [0.29, 0.717) is 5.75 Å². The van der Waals surface area contributed by atoms with Crippen LogP contribution in [0.3, 0.4) is 0 Å². The van der Waals surface area contributed by atoms with E-state index >= 15 is 0 Å². The Morgan fingerprint density at radius 3 is 2.14 bits per heavy atom. The predicted octanol–water partition coefficient (Wildman–Crippen LogP) is 0.554. The zero-order valence-electron chi connectivity index (χ0n) is 7.25. The van der Waals surface area contributed by atoms with Crippen molar-refractivity contribution >= 4 is 14.2 Å². The van der Waals surface area contributed by atoms with Crippen LogP contribution in [-0.4, -0.2) is 10.9 Å². The molecule has 7 heteroatoms. The van der Waals surface area contributed by atoms with Crippen molar-refractivity contribution in [3.8, 4) is 5.75 Å². The average Bonchev–Trinajstić information content (AvgIpc) is 2.03. The number of hydrogen-bond donors (Lipinski definition) is 4. The fourth-order valence-corrected chi connectivity index (χ4v) is 0.874. The summed E-state index contributed by atoms with van der Waals surface area (Å²) in [4.78, 5) is 8.29. The third-order valence-electron chi connectivity index (χ3n) is 0.927. The van der Waals surface area contributed by atoms with Crippen LogP contribution in [0.2, 0.25) is 0 Å². The Morgan fingerprint density at radius 1 is 1.36 bits per heavy atom. The Balaban J connectivity index is 0.000000364. The van der Waals surface area contributed by atoms with Gasteiger partial charge in [-0.15, -0.1) is 4.89 Å². The summed E-state index contributed by atoms with van der Waals surface area (Å²) in [5.41, 5.74) is 8.94. The largest absolute Gasteiger partial charge is 0.747 e. The van der Waals surface area contributed by atoms with Crippen molar-refractivity contribution in [1.82, 2.24) is 0 Å². The molecular formula is C7H11N3O3P+. The van der Waals surface area contributed by atoms with Crippen LogP contribution in [0.25, 0.3) is 0 Å². The molecule has 0 heterocycles. The first-order valence-electron chi connectivity index (χ1n) is 3.51. The van der Waals surface area contributed by atoms with E-state index in [-0.39, 0.29) is 5.96 Å². The van der Waals surface area contributed by atoms with Crippen molar-refractivity contribution in [3.63, 3.8) is 0 Å². The van der Waals surface area contributed by atoms with Crippen molar-refractivity contribution in [2.24, 2.45) is 11.5 Å². The van der Waals surface area contributed by atoms with E-state index in [2.05, 4.69) is 16.0 Å². The number of rotatable bonds is 2. The second-order valence-electron chi connectivity index (χ2n) is 2.10. The Bertz CT molecular complexity index is 300. The highest BCUT2D eigenvalue weighted by molar-refractivity contribution is 7.32. The summed E-state index contributed by atoms with van der Waals surface area (Å²) >= 11 is 0. The molecule has 6 N–H and O–H groups in total. The van der Waals surface area contributed by atoms with Crippen LogP contribution in [0.15, 0.2) is 30.3 Å². The van der Waals surface area contributed by atoms with Crippen LogP contribution in [-0.2, 0) is 4.57 Å². The lowest BCUT2D eigenvalue weighted by Gasteiger charge is -1.86. The minimum absolute atomic E-state index is 0.333. The fourth-order valence-electron chi connectivity index (χ4n) is 0.572. The van der Waals surface area contributed by atoms with Crippen molar-refractivity contribution < 1.29 is 14.0 Å². The van der Waals surface area contributed by atoms with Crippen molar-refractivity contribution in [3.05, 3.63) is 30.3 Å². The van der Waals surface area contributed by atoms with E-state index in [1.807, 2.05) is 0 Å². The zero-order valence-corrected chi connectivity index (χ0v) is 8.15. The molecule has 0 saturated carbocycles. The standard InChI is InChI=1S/C6H5O3P.CH5N3/c7-10(8)9-6-4-2-1-3-5-6;2-1(3)4/h1-5H;(H5,2,3,4)/p+1. The van der Waals surface area contributed by atoms with Gasteiger partial charge in [0.1, 0.15) is 0 Å². The van der Waals surface area contributed by atoms with Gasteiger partial charge in [-0.1, -0.05) is 18.2 Å². The highest BCUT2D eigenvalue weighted by atomic mass is 31.1. The second kappa shape index (κ2) is 6.82. The van der Waals surface area contributed by atoms with Gasteiger partial charge in [-0.2, -0.15) is 0 Å². The molecule has 0 saturated heterocycles. The predicted molar refractivity (Wildman–Crippen MR) is 53.0 cm³/mol. The molecule has 0 aliphatic heterocycles. The van der Waals surface area contributed by atoms with Gasteiger partial charge in [0, 0.05) is 4.57 Å². The number of benzene rings is 1. The van der Waals surface area contributed by atoms with E-state index in [1.54, 1.807) is 30.3 Å². The quantitative estimate of drug-likeness (QED) is 0.326. The van der Waals surface area contributed by atoms with Crippen LogP contribution in [0.5, 0.6) is 5.75 Å². The monoisotopic (exact) mass is 216 g/mol. The molecule has 1 aromatic rings. The summed E-state index contributed by atoms with van der Waals surface area (Å²) in [5, 5.41) is 6.06. The van der Waals surface area contributed by atoms with Crippen LogP contribution in [0, 0.1) is 5.41 Å². The van der Waals surface area contributed by atoms with Crippen molar-refractivity contribution in [1.29, 1.82) is 5.41 Å². The number of nitrogens with one attached hydrogen (secondary N) is 1. The van der Waals surface area contributed by atoms with Crippen molar-refractivity contribution in [2.45, 2.75) is 0 Å². The van der Waals surface area contributed by atoms with Gasteiger partial charge in [0.2, 0.25) is 0 Å². The first-order chi connectivity index (χ1) is 6.52. The van der Waals surface area contributed by atoms with Crippen LogP contribution in [0.1, 0.15) is 0 Å². The Morgan fingerprint density at radius 2 is 1.79 bits per heavy atom. The molecule has 1 atom stereocenters. The van der Waals surface area contributed by atoms with E-state index in [0.717, 1.165) is 0 Å². The summed E-state index contributed by atoms with van der Waals surface area (Å²) in [6.07, 6.45) is 0. The fraction of sp³-hybridized carbons (Fsp3) is 0. The van der Waals surface area contributed by atoms with Crippen LogP contribution < -0.4 is 16.0 Å². The average molecular weight is 216 g/mol. The number of nitrogens with two attached hydrogens (primary N) is 2. The van der Waals surface area contributed by atoms with Crippen molar-refractivity contribution in [2.75, 3.05) is 0 Å². The van der Waals surface area contributed by atoms with Gasteiger partial charge in [0.15, 0.2) is 11.7 Å². The van der Waals surface area contributed by atoms with Crippen LogP contribution in [0.4, 0.5) is 0 Å². The molecule has 1 aromatic carbocycles. The SMILES string of the molecule is N=C(N)N.O=[P+](O)Oc1ccccc1. The molecular weight excluding hydrogens is 205 g/mol. The molecule has 0 amide bonds. The minimum atomic E-state index is -2.53. The minimum Gasteiger partial charge on any atom is -0.370 e. The molecule has 0 radical (unpaired) electrons. The van der Waals surface area contributed by atoms with Crippen LogP contribution >= 0.6 is 8.25 Å². The Labute approximate surface area is 82.0 Å². The topological polar surface area (TPSA) is 122 Å². The normalized spacial score (nSPS) is 9.36. The highest BCUT2D eigenvalue weighted by Crippen LogP contribution is 2.21. The number of hydrogen-bond acceptors (Lipinski definition) is 3. The molecule has 0 aromatic heterocycles. The molecule has 0 spiro atoms. The van der Waals surface area contributed by atoms with E-state index in [9.17, 15) is 4.57 Å². The highest BCUT2D eigenvalue weighted by Gasteiger charge is 2.12. The molecule has 0 fully saturated rings. The summed E-state index contributed by atoms with van der Waals surface area (Å²) in [6.45, 7) is 0. The Kier molecular flexibility index (Phi) is 6.02. The number of para-hydroxylation sites is 1. The Hall–Kier alpha value is -1.65. The maximum atomic E-state index is 10.1. The molecule has 0 aliphatic carbocycles. The first kappa shape index (κ1) is 12.4. The van der Waals surface area contributed by atoms with Gasteiger partial charge in [0.05, 0.1) is 0 Å². The molecule has 76 valence electrons. The first-order valence-corrected chi connectivity index (χ1v) is 4.64. The van der Waals surface area contributed by atoms with Gasteiger partial charge < -0.3 is 11.5 Å². The summed E-state index contributed by atoms with van der Waals surface area (Å²) in [6, 6.07) is 8.49. The van der Waals surface area contributed by atoms with Gasteiger partial charge in [-0.25, -0.2) is 4.52 Å². The lowest BCUT2D eigenvalue weighted by Crippen LogP contribution is -2.20. The second-order valence-corrected chi connectivity index (χ2v) is 2.76. The summed E-state index contributed by atoms with van der Waals surface area (Å²) < 4.78 is 14.6. The van der Waals surface area contributed by atoms with E-state index < -0.39 is 8.25 Å². The van der Waals surface area contributed by atoms with Gasteiger partial charge in [0.25, 0.3) is 0 Å². The zero-order chi connectivity index (χ0) is 11.0. The third kappa shape index (κ3) is 8.45. The molecule has 1 unspecified atom stereocenters. The molecule has 14 heavy (non-hydrogen) atoms. The maximum absolute atomic E-state index is 10.1. The molecule has 1 rings (SSSR count). The maximum Gasteiger partial charge on any atom is 0.747 e. The smallest absolute Gasteiger partial charge is 0.370 e. The van der Waals surface area contributed by atoms with E-state index in [4.69, 9.17) is 10.3 Å². The molecule has 0 aliphatic rings. The third-order valence-corrected chi connectivity index (χ3v) is 1.29. The lowest BCUT2D eigenvalue weighted by molar-refractivity contribution is 0.410. The lowest BCUT2D eigenvalue weighted by atomic mass is 10.3. The number of guanidine groups is 1. The van der Waals surface area contributed by atoms with E-state index in [1.165, 1.54) is 0 Å². The van der Waals surface area contributed by atoms with Gasteiger partial charge in [-0.3, -0.25) is 5.41 Å². The summed E-state index contributed by atoms with van der Waals surface area (Å²) in [5.74, 6) is 0.0751. The summed E-state index contributed by atoms with van der Waals surface area (Å²) in [7, 11) is -2.53. The molecule has 0 bridgehead atoms. The molecule has 6 nitrogen and oxygen atoms in total.